The number of hydrogen-bond donors (Lipinski definition) is 1. The SMILES string of the molecule is CCOc1ccc(N)cc1CN(CC1CC1)CC1CC1. The zero-order valence-electron chi connectivity index (χ0n) is 12.5. The van der Waals surface area contributed by atoms with Gasteiger partial charge >= 0.3 is 0 Å². The molecule has 0 heterocycles. The Kier molecular flexibility index (Phi) is 4.16. The normalized spacial score (nSPS) is 18.5. The van der Waals surface area contributed by atoms with E-state index in [1.165, 1.54) is 44.3 Å². The smallest absolute Gasteiger partial charge is 0.123 e. The summed E-state index contributed by atoms with van der Waals surface area (Å²) in [4.78, 5) is 2.62. The van der Waals surface area contributed by atoms with Crippen LogP contribution in [0.25, 0.3) is 0 Å². The number of anilines is 1. The van der Waals surface area contributed by atoms with Crippen molar-refractivity contribution in [1.29, 1.82) is 0 Å². The van der Waals surface area contributed by atoms with Gasteiger partial charge in [-0.15, -0.1) is 0 Å². The van der Waals surface area contributed by atoms with E-state index in [0.29, 0.717) is 6.61 Å². The van der Waals surface area contributed by atoms with E-state index >= 15 is 0 Å². The second-order valence-corrected chi connectivity index (χ2v) is 6.38. The largest absolute Gasteiger partial charge is 0.494 e. The van der Waals surface area contributed by atoms with Crippen molar-refractivity contribution in [2.24, 2.45) is 11.8 Å². The third-order valence-electron chi connectivity index (χ3n) is 4.20. The second-order valence-electron chi connectivity index (χ2n) is 6.38. The summed E-state index contributed by atoms with van der Waals surface area (Å²) in [6.07, 6.45) is 5.65. The van der Waals surface area contributed by atoms with Gasteiger partial charge in [-0.3, -0.25) is 4.90 Å². The topological polar surface area (TPSA) is 38.5 Å². The summed E-state index contributed by atoms with van der Waals surface area (Å²) in [7, 11) is 0. The van der Waals surface area contributed by atoms with Crippen LogP contribution in [-0.4, -0.2) is 24.6 Å². The van der Waals surface area contributed by atoms with Gasteiger partial charge in [-0.1, -0.05) is 0 Å². The molecule has 3 rings (SSSR count). The van der Waals surface area contributed by atoms with Crippen molar-refractivity contribution in [3.8, 4) is 5.75 Å². The average Bonchev–Trinajstić information content (AvgIpc) is 3.29. The van der Waals surface area contributed by atoms with Crippen LogP contribution in [-0.2, 0) is 6.54 Å². The van der Waals surface area contributed by atoms with Crippen molar-refractivity contribution in [1.82, 2.24) is 4.90 Å². The fourth-order valence-electron chi connectivity index (χ4n) is 2.79. The van der Waals surface area contributed by atoms with Crippen LogP contribution in [0.15, 0.2) is 18.2 Å². The van der Waals surface area contributed by atoms with Gasteiger partial charge in [0, 0.05) is 30.9 Å². The van der Waals surface area contributed by atoms with Crippen molar-refractivity contribution in [2.75, 3.05) is 25.4 Å². The first-order valence-electron chi connectivity index (χ1n) is 7.98. The molecule has 0 aromatic heterocycles. The maximum Gasteiger partial charge on any atom is 0.123 e. The van der Waals surface area contributed by atoms with Crippen LogP contribution in [0.4, 0.5) is 5.69 Å². The van der Waals surface area contributed by atoms with E-state index in [0.717, 1.165) is 29.8 Å². The Hall–Kier alpha value is -1.22. The maximum absolute atomic E-state index is 5.95. The van der Waals surface area contributed by atoms with Crippen molar-refractivity contribution in [2.45, 2.75) is 39.2 Å². The average molecular weight is 274 g/mol. The highest BCUT2D eigenvalue weighted by Crippen LogP contribution is 2.35. The molecular weight excluding hydrogens is 248 g/mol. The maximum atomic E-state index is 5.95. The highest BCUT2D eigenvalue weighted by Gasteiger charge is 2.29. The molecule has 2 aliphatic carbocycles. The number of nitrogen functional groups attached to an aromatic ring is 1. The van der Waals surface area contributed by atoms with Gasteiger partial charge in [0.2, 0.25) is 0 Å². The van der Waals surface area contributed by atoms with Gasteiger partial charge in [0.1, 0.15) is 5.75 Å². The molecular formula is C17H26N2O. The lowest BCUT2D eigenvalue weighted by Crippen LogP contribution is -2.28. The highest BCUT2D eigenvalue weighted by atomic mass is 16.5. The standard InChI is InChI=1S/C17H26N2O/c1-2-20-17-8-7-16(18)9-15(17)12-19(10-13-3-4-13)11-14-5-6-14/h7-9,13-14H,2-6,10-12,18H2,1H3. The van der Waals surface area contributed by atoms with Crippen LogP contribution in [0.3, 0.4) is 0 Å². The Morgan fingerprint density at radius 3 is 2.35 bits per heavy atom. The predicted octanol–water partition coefficient (Wildman–Crippen LogP) is 3.29. The zero-order valence-corrected chi connectivity index (χ0v) is 12.5. The number of hydrogen-bond acceptors (Lipinski definition) is 3. The van der Waals surface area contributed by atoms with E-state index in [9.17, 15) is 0 Å². The Balaban J connectivity index is 1.69. The number of rotatable bonds is 8. The lowest BCUT2D eigenvalue weighted by molar-refractivity contribution is 0.238. The minimum atomic E-state index is 0.710. The lowest BCUT2D eigenvalue weighted by Gasteiger charge is -2.23. The second kappa shape index (κ2) is 6.04. The lowest BCUT2D eigenvalue weighted by atomic mass is 10.1. The van der Waals surface area contributed by atoms with Gasteiger partial charge in [-0.2, -0.15) is 0 Å². The quantitative estimate of drug-likeness (QED) is 0.739. The molecule has 3 nitrogen and oxygen atoms in total. The molecule has 0 radical (unpaired) electrons. The monoisotopic (exact) mass is 274 g/mol. The molecule has 110 valence electrons. The third kappa shape index (κ3) is 3.89. The molecule has 2 fully saturated rings. The molecule has 2 N–H and O–H groups in total. The van der Waals surface area contributed by atoms with Crippen molar-refractivity contribution in [3.63, 3.8) is 0 Å². The third-order valence-corrected chi connectivity index (χ3v) is 4.20. The minimum Gasteiger partial charge on any atom is -0.494 e. The molecule has 2 saturated carbocycles. The Morgan fingerprint density at radius 1 is 1.15 bits per heavy atom. The van der Waals surface area contributed by atoms with Crippen LogP contribution in [0.5, 0.6) is 5.75 Å². The Labute approximate surface area is 122 Å². The fraction of sp³-hybridized carbons (Fsp3) is 0.647. The summed E-state index contributed by atoms with van der Waals surface area (Å²) >= 11 is 0. The summed E-state index contributed by atoms with van der Waals surface area (Å²) in [5.74, 6) is 2.87. The van der Waals surface area contributed by atoms with E-state index in [-0.39, 0.29) is 0 Å². The molecule has 0 spiro atoms. The van der Waals surface area contributed by atoms with Gasteiger partial charge in [0.05, 0.1) is 6.61 Å². The van der Waals surface area contributed by atoms with Crippen molar-refractivity contribution < 1.29 is 4.74 Å². The number of benzene rings is 1. The predicted molar refractivity (Wildman–Crippen MR) is 82.7 cm³/mol. The zero-order chi connectivity index (χ0) is 13.9. The van der Waals surface area contributed by atoms with Crippen LogP contribution in [0.1, 0.15) is 38.2 Å². The molecule has 0 atom stereocenters. The molecule has 0 amide bonds. The molecule has 1 aromatic rings. The highest BCUT2D eigenvalue weighted by molar-refractivity contribution is 5.47. The molecule has 3 heteroatoms. The van der Waals surface area contributed by atoms with Crippen LogP contribution < -0.4 is 10.5 Å². The first kappa shape index (κ1) is 13.7. The Morgan fingerprint density at radius 2 is 1.80 bits per heavy atom. The summed E-state index contributed by atoms with van der Waals surface area (Å²) < 4.78 is 5.75. The van der Waals surface area contributed by atoms with Crippen LogP contribution in [0.2, 0.25) is 0 Å². The molecule has 0 unspecified atom stereocenters. The first-order chi connectivity index (χ1) is 9.74. The van der Waals surface area contributed by atoms with E-state index in [1.807, 2.05) is 19.1 Å². The van der Waals surface area contributed by atoms with E-state index in [4.69, 9.17) is 10.5 Å². The van der Waals surface area contributed by atoms with Gasteiger partial charge in [-0.25, -0.2) is 0 Å². The molecule has 20 heavy (non-hydrogen) atoms. The van der Waals surface area contributed by atoms with Crippen molar-refractivity contribution >= 4 is 5.69 Å². The van der Waals surface area contributed by atoms with Crippen molar-refractivity contribution in [3.05, 3.63) is 23.8 Å². The molecule has 0 bridgehead atoms. The van der Waals surface area contributed by atoms with Gasteiger partial charge in [0.15, 0.2) is 0 Å². The van der Waals surface area contributed by atoms with Gasteiger partial charge < -0.3 is 10.5 Å². The first-order valence-corrected chi connectivity index (χ1v) is 7.98. The number of ether oxygens (including phenoxy) is 1. The van der Waals surface area contributed by atoms with Gasteiger partial charge in [-0.05, 0) is 62.6 Å². The summed E-state index contributed by atoms with van der Waals surface area (Å²) in [5, 5.41) is 0. The minimum absolute atomic E-state index is 0.710. The van der Waals surface area contributed by atoms with Gasteiger partial charge in [0.25, 0.3) is 0 Å². The molecule has 1 aromatic carbocycles. The van der Waals surface area contributed by atoms with E-state index < -0.39 is 0 Å². The molecule has 0 aliphatic heterocycles. The fourth-order valence-corrected chi connectivity index (χ4v) is 2.79. The summed E-state index contributed by atoms with van der Waals surface area (Å²) in [6, 6.07) is 6.03. The molecule has 0 saturated heterocycles. The number of nitrogens with two attached hydrogens (primary N) is 1. The summed E-state index contributed by atoms with van der Waals surface area (Å²) in [5.41, 5.74) is 8.03. The Bertz CT molecular complexity index is 438. The number of nitrogens with zero attached hydrogens (tertiary/aromatic N) is 1. The van der Waals surface area contributed by atoms with Crippen LogP contribution in [0, 0.1) is 11.8 Å². The molecule has 2 aliphatic rings. The van der Waals surface area contributed by atoms with Crippen LogP contribution >= 0.6 is 0 Å². The van der Waals surface area contributed by atoms with E-state index in [1.54, 1.807) is 0 Å². The van der Waals surface area contributed by atoms with E-state index in [2.05, 4.69) is 11.0 Å². The summed E-state index contributed by atoms with van der Waals surface area (Å²) in [6.45, 7) is 6.22.